The summed E-state index contributed by atoms with van der Waals surface area (Å²) in [4.78, 5) is 3.97. The molecule has 0 aliphatic heterocycles. The molecule has 19 heavy (non-hydrogen) atoms. The Labute approximate surface area is 106 Å². The fourth-order valence-electron chi connectivity index (χ4n) is 2.01. The van der Waals surface area contributed by atoms with Crippen LogP contribution in [0, 0.1) is 17.5 Å². The molecule has 0 spiro atoms. The van der Waals surface area contributed by atoms with Crippen LogP contribution in [0.15, 0.2) is 36.4 Å². The molecule has 0 bridgehead atoms. The first-order chi connectivity index (χ1) is 9.04. The van der Waals surface area contributed by atoms with Crippen LogP contribution >= 0.6 is 0 Å². The van der Waals surface area contributed by atoms with Gasteiger partial charge in [-0.3, -0.25) is 4.57 Å². The third-order valence-corrected chi connectivity index (χ3v) is 2.75. The molecule has 0 fully saturated rings. The lowest BCUT2D eigenvalue weighted by atomic mass is 10.2. The van der Waals surface area contributed by atoms with Gasteiger partial charge in [-0.2, -0.15) is 0 Å². The van der Waals surface area contributed by atoms with Crippen molar-refractivity contribution < 1.29 is 13.2 Å². The molecule has 0 radical (unpaired) electrons. The second-order valence-electron chi connectivity index (χ2n) is 4.07. The van der Waals surface area contributed by atoms with Gasteiger partial charge in [0.2, 0.25) is 5.95 Å². The highest BCUT2D eigenvalue weighted by Gasteiger charge is 2.12. The number of halogens is 3. The summed E-state index contributed by atoms with van der Waals surface area (Å²) in [7, 11) is 0. The zero-order valence-corrected chi connectivity index (χ0v) is 9.57. The van der Waals surface area contributed by atoms with Crippen molar-refractivity contribution in [2.24, 2.45) is 0 Å². The fraction of sp³-hybridized carbons (Fsp3) is 0. The summed E-state index contributed by atoms with van der Waals surface area (Å²) in [5.74, 6) is -1.87. The quantitative estimate of drug-likeness (QED) is 0.733. The number of nitrogen functional groups attached to an aromatic ring is 1. The normalized spacial score (nSPS) is 11.1. The Morgan fingerprint density at radius 1 is 0.895 bits per heavy atom. The third-order valence-electron chi connectivity index (χ3n) is 2.75. The summed E-state index contributed by atoms with van der Waals surface area (Å²) >= 11 is 0. The number of fused-ring (bicyclic) bond motifs is 1. The van der Waals surface area contributed by atoms with Gasteiger partial charge in [0.05, 0.1) is 16.7 Å². The van der Waals surface area contributed by atoms with Gasteiger partial charge in [0.25, 0.3) is 0 Å². The molecule has 6 heteroatoms. The van der Waals surface area contributed by atoms with Gasteiger partial charge in [-0.1, -0.05) is 0 Å². The number of aromatic nitrogens is 2. The number of hydrogen-bond donors (Lipinski definition) is 1. The zero-order chi connectivity index (χ0) is 13.6. The maximum atomic E-state index is 13.2. The molecule has 3 aromatic rings. The standard InChI is InChI=1S/C13H8F3N3/c14-7-1-2-12-11(6-7)18-13(17)19(12)10-4-8(15)3-9(16)5-10/h1-6H,(H2,17,18). The van der Waals surface area contributed by atoms with Gasteiger partial charge in [-0.05, 0) is 24.3 Å². The molecule has 3 rings (SSSR count). The number of nitrogens with zero attached hydrogens (tertiary/aromatic N) is 2. The van der Waals surface area contributed by atoms with E-state index in [0.29, 0.717) is 11.0 Å². The highest BCUT2D eigenvalue weighted by atomic mass is 19.1. The molecule has 1 heterocycles. The molecular formula is C13H8F3N3. The average Bonchev–Trinajstić information content (AvgIpc) is 2.62. The van der Waals surface area contributed by atoms with Crippen molar-refractivity contribution in [1.82, 2.24) is 9.55 Å². The third kappa shape index (κ3) is 1.91. The Kier molecular flexibility index (Phi) is 2.45. The number of hydrogen-bond acceptors (Lipinski definition) is 2. The van der Waals surface area contributed by atoms with Gasteiger partial charge >= 0.3 is 0 Å². The predicted molar refractivity (Wildman–Crippen MR) is 65.4 cm³/mol. The molecule has 96 valence electrons. The van der Waals surface area contributed by atoms with Gasteiger partial charge < -0.3 is 5.73 Å². The van der Waals surface area contributed by atoms with Crippen LogP contribution in [-0.4, -0.2) is 9.55 Å². The fourth-order valence-corrected chi connectivity index (χ4v) is 2.01. The lowest BCUT2D eigenvalue weighted by molar-refractivity contribution is 0.582. The molecule has 0 saturated heterocycles. The molecule has 0 aliphatic rings. The highest BCUT2D eigenvalue weighted by Crippen LogP contribution is 2.24. The second kappa shape index (κ2) is 4.01. The smallest absolute Gasteiger partial charge is 0.205 e. The zero-order valence-electron chi connectivity index (χ0n) is 9.57. The van der Waals surface area contributed by atoms with E-state index in [9.17, 15) is 13.2 Å². The van der Waals surface area contributed by atoms with Crippen LogP contribution in [0.4, 0.5) is 19.1 Å². The number of imidazole rings is 1. The van der Waals surface area contributed by atoms with E-state index in [0.717, 1.165) is 18.2 Å². The van der Waals surface area contributed by atoms with Crippen molar-refractivity contribution in [3.05, 3.63) is 53.8 Å². The summed E-state index contributed by atoms with van der Waals surface area (Å²) in [6.45, 7) is 0. The number of anilines is 1. The molecule has 3 nitrogen and oxygen atoms in total. The largest absolute Gasteiger partial charge is 0.369 e. The number of rotatable bonds is 1. The maximum absolute atomic E-state index is 13.2. The second-order valence-corrected chi connectivity index (χ2v) is 4.07. The number of nitrogens with two attached hydrogens (primary N) is 1. The minimum absolute atomic E-state index is 0.0330. The van der Waals surface area contributed by atoms with Crippen molar-refractivity contribution in [2.45, 2.75) is 0 Å². The Hall–Kier alpha value is -2.50. The van der Waals surface area contributed by atoms with Gasteiger partial charge in [0, 0.05) is 12.1 Å². The molecule has 2 aromatic carbocycles. The van der Waals surface area contributed by atoms with E-state index in [1.807, 2.05) is 0 Å². The molecular weight excluding hydrogens is 255 g/mol. The molecule has 0 atom stereocenters. The van der Waals surface area contributed by atoms with E-state index < -0.39 is 17.5 Å². The van der Waals surface area contributed by atoms with Crippen LogP contribution in [0.1, 0.15) is 0 Å². The van der Waals surface area contributed by atoms with E-state index in [-0.39, 0.29) is 11.6 Å². The Morgan fingerprint density at radius 3 is 2.26 bits per heavy atom. The summed E-state index contributed by atoms with van der Waals surface area (Å²) in [5.41, 5.74) is 6.72. The van der Waals surface area contributed by atoms with Crippen LogP contribution in [-0.2, 0) is 0 Å². The predicted octanol–water partition coefficient (Wildman–Crippen LogP) is 3.03. The molecule has 0 amide bonds. The van der Waals surface area contributed by atoms with E-state index in [1.54, 1.807) is 0 Å². The van der Waals surface area contributed by atoms with Gasteiger partial charge in [-0.25, -0.2) is 18.2 Å². The van der Waals surface area contributed by atoms with E-state index >= 15 is 0 Å². The molecule has 0 aliphatic carbocycles. The molecule has 0 saturated carbocycles. The van der Waals surface area contributed by atoms with Crippen molar-refractivity contribution in [2.75, 3.05) is 5.73 Å². The lowest BCUT2D eigenvalue weighted by Crippen LogP contribution is -2.01. The SMILES string of the molecule is Nc1nc2cc(F)ccc2n1-c1cc(F)cc(F)c1. The Balaban J connectivity index is 2.32. The first kappa shape index (κ1) is 11.6. The van der Waals surface area contributed by atoms with Crippen LogP contribution in [0.5, 0.6) is 0 Å². The van der Waals surface area contributed by atoms with Gasteiger partial charge in [0.15, 0.2) is 0 Å². The number of benzene rings is 2. The highest BCUT2D eigenvalue weighted by molar-refractivity contribution is 5.80. The average molecular weight is 263 g/mol. The molecule has 1 aromatic heterocycles. The summed E-state index contributed by atoms with van der Waals surface area (Å²) in [5, 5.41) is 0. The van der Waals surface area contributed by atoms with E-state index in [2.05, 4.69) is 4.98 Å². The van der Waals surface area contributed by atoms with Crippen molar-refractivity contribution >= 4 is 17.0 Å². The summed E-state index contributed by atoms with van der Waals surface area (Å²) in [6, 6.07) is 6.91. The Bertz CT molecular complexity index is 760. The van der Waals surface area contributed by atoms with Crippen LogP contribution in [0.25, 0.3) is 16.7 Å². The van der Waals surface area contributed by atoms with Crippen molar-refractivity contribution in [1.29, 1.82) is 0 Å². The first-order valence-corrected chi connectivity index (χ1v) is 5.44. The van der Waals surface area contributed by atoms with Crippen LogP contribution in [0.3, 0.4) is 0 Å². The minimum Gasteiger partial charge on any atom is -0.369 e. The summed E-state index contributed by atoms with van der Waals surface area (Å²) in [6.07, 6.45) is 0. The van der Waals surface area contributed by atoms with Gasteiger partial charge in [0.1, 0.15) is 17.5 Å². The maximum Gasteiger partial charge on any atom is 0.205 e. The minimum atomic E-state index is -0.724. The van der Waals surface area contributed by atoms with Gasteiger partial charge in [-0.15, -0.1) is 0 Å². The van der Waals surface area contributed by atoms with Crippen molar-refractivity contribution in [3.8, 4) is 5.69 Å². The van der Waals surface area contributed by atoms with Crippen LogP contribution < -0.4 is 5.73 Å². The first-order valence-electron chi connectivity index (χ1n) is 5.44. The monoisotopic (exact) mass is 263 g/mol. The molecule has 2 N–H and O–H groups in total. The van der Waals surface area contributed by atoms with E-state index in [4.69, 9.17) is 5.73 Å². The van der Waals surface area contributed by atoms with Crippen molar-refractivity contribution in [3.63, 3.8) is 0 Å². The van der Waals surface area contributed by atoms with E-state index in [1.165, 1.54) is 22.8 Å². The molecule has 0 unspecified atom stereocenters. The lowest BCUT2D eigenvalue weighted by Gasteiger charge is -2.06. The Morgan fingerprint density at radius 2 is 1.58 bits per heavy atom. The summed E-state index contributed by atoms with van der Waals surface area (Å²) < 4.78 is 40.9. The topological polar surface area (TPSA) is 43.8 Å². The van der Waals surface area contributed by atoms with Crippen LogP contribution in [0.2, 0.25) is 0 Å².